The molecule has 31 heavy (non-hydrogen) atoms. The Morgan fingerprint density at radius 3 is 2.71 bits per heavy atom. The summed E-state index contributed by atoms with van der Waals surface area (Å²) in [4.78, 5) is 20.4. The highest BCUT2D eigenvalue weighted by Crippen LogP contribution is 2.60. The number of carbonyl (C=O) groups excluding carboxylic acids is 1. The summed E-state index contributed by atoms with van der Waals surface area (Å²) in [5.74, 6) is 0.715. The topological polar surface area (TPSA) is 98.1 Å². The van der Waals surface area contributed by atoms with E-state index in [1.807, 2.05) is 26.2 Å². The Labute approximate surface area is 184 Å². The van der Waals surface area contributed by atoms with Gasteiger partial charge >= 0.3 is 0 Å². The second-order valence-electron chi connectivity index (χ2n) is 7.82. The van der Waals surface area contributed by atoms with Crippen LogP contribution in [0, 0.1) is 6.92 Å². The molecule has 2 atom stereocenters. The van der Waals surface area contributed by atoms with Crippen LogP contribution < -0.4 is 15.6 Å². The minimum absolute atomic E-state index is 0.0913. The summed E-state index contributed by atoms with van der Waals surface area (Å²) in [6.07, 6.45) is 2.59. The first-order valence-corrected chi connectivity index (χ1v) is 11.8. The molecule has 3 heterocycles. The third-order valence-electron chi connectivity index (χ3n) is 5.35. The van der Waals surface area contributed by atoms with Gasteiger partial charge in [-0.15, -0.1) is 10.2 Å². The number of hydrazone groups is 1. The molecule has 1 aromatic heterocycles. The van der Waals surface area contributed by atoms with E-state index in [0.717, 1.165) is 35.4 Å². The second-order valence-corrected chi connectivity index (χ2v) is 11.0. The van der Waals surface area contributed by atoms with Crippen molar-refractivity contribution in [2.45, 2.75) is 31.2 Å². The standard InChI is InChI=1S/C21H28N8OS/c1-15-7-9-18(10-8-15)31(28(3)4)20(23-16(2)30)26-27-21(31)24-17-11-13-29(14-17)19-6-5-12-22-25-19/h5-10,12,17H,11,13-14H2,1-4H3,(H,24,27)(H,23,26,30)/t17-/m1/s1. The van der Waals surface area contributed by atoms with Crippen molar-refractivity contribution in [2.24, 2.45) is 10.1 Å². The lowest BCUT2D eigenvalue weighted by Crippen LogP contribution is -2.40. The number of aliphatic imine (C=N–C) groups is 1. The molecule has 9 nitrogen and oxygen atoms in total. The molecule has 2 N–H and O–H groups in total. The summed E-state index contributed by atoms with van der Waals surface area (Å²) in [5.41, 5.74) is 4.33. The van der Waals surface area contributed by atoms with Crippen molar-refractivity contribution >= 4 is 32.3 Å². The maximum atomic E-state index is 12.0. The summed E-state index contributed by atoms with van der Waals surface area (Å²) in [7, 11) is 2.04. The van der Waals surface area contributed by atoms with Crippen LogP contribution in [0.3, 0.4) is 0 Å². The van der Waals surface area contributed by atoms with Gasteiger partial charge in [0.25, 0.3) is 0 Å². The van der Waals surface area contributed by atoms with Crippen molar-refractivity contribution in [2.75, 3.05) is 32.1 Å². The molecule has 0 spiro atoms. The highest BCUT2D eigenvalue weighted by Gasteiger charge is 2.45. The number of amides is 1. The highest BCUT2D eigenvalue weighted by molar-refractivity contribution is 8.54. The largest absolute Gasteiger partial charge is 0.353 e. The normalized spacial score (nSPS) is 26.5. The number of nitrogens with zero attached hydrogens (tertiary/aromatic N) is 6. The first kappa shape index (κ1) is 21.3. The van der Waals surface area contributed by atoms with Crippen LogP contribution >= 0.6 is 10.2 Å². The summed E-state index contributed by atoms with van der Waals surface area (Å²) in [6, 6.07) is 12.3. The van der Waals surface area contributed by atoms with Gasteiger partial charge in [-0.3, -0.25) is 19.5 Å². The zero-order chi connectivity index (χ0) is 22.0. The highest BCUT2D eigenvalue weighted by atomic mass is 32.3. The zero-order valence-corrected chi connectivity index (χ0v) is 19.1. The van der Waals surface area contributed by atoms with E-state index in [0.29, 0.717) is 5.17 Å². The fourth-order valence-electron chi connectivity index (χ4n) is 3.88. The number of aryl methyl sites for hydroxylation is 1. The van der Waals surface area contributed by atoms with E-state index < -0.39 is 10.2 Å². The van der Waals surface area contributed by atoms with E-state index in [4.69, 9.17) is 4.99 Å². The third-order valence-corrected chi connectivity index (χ3v) is 8.91. The zero-order valence-electron chi connectivity index (χ0n) is 18.2. The van der Waals surface area contributed by atoms with Crippen molar-refractivity contribution < 1.29 is 4.79 Å². The van der Waals surface area contributed by atoms with Crippen molar-refractivity contribution in [3.8, 4) is 0 Å². The molecule has 2 aliphatic heterocycles. The fraction of sp³-hybridized carbons (Fsp3) is 0.381. The summed E-state index contributed by atoms with van der Waals surface area (Å²) in [5, 5.41) is 17.1. The molecular weight excluding hydrogens is 412 g/mol. The van der Waals surface area contributed by atoms with Crippen LogP contribution in [0.25, 0.3) is 0 Å². The smallest absolute Gasteiger partial charge is 0.222 e. The molecule has 0 bridgehead atoms. The lowest BCUT2D eigenvalue weighted by Gasteiger charge is -2.42. The number of nitrogens with one attached hydrogen (secondary N) is 2. The monoisotopic (exact) mass is 440 g/mol. The molecule has 1 aromatic carbocycles. The summed E-state index contributed by atoms with van der Waals surface area (Å²) in [6.45, 7) is 5.19. The first-order valence-electron chi connectivity index (χ1n) is 10.2. The summed E-state index contributed by atoms with van der Waals surface area (Å²) >= 11 is 0. The molecule has 1 amide bonds. The Kier molecular flexibility index (Phi) is 5.92. The van der Waals surface area contributed by atoms with Crippen molar-refractivity contribution in [1.29, 1.82) is 0 Å². The van der Waals surface area contributed by atoms with Crippen molar-refractivity contribution in [3.63, 3.8) is 0 Å². The molecule has 164 valence electrons. The molecule has 4 rings (SSSR count). The number of anilines is 1. The van der Waals surface area contributed by atoms with Gasteiger partial charge in [0.1, 0.15) is 0 Å². The van der Waals surface area contributed by atoms with E-state index >= 15 is 0 Å². The molecule has 10 heteroatoms. The van der Waals surface area contributed by atoms with Gasteiger partial charge in [-0.05, 0) is 61.9 Å². The van der Waals surface area contributed by atoms with E-state index in [1.165, 1.54) is 12.5 Å². The predicted octanol–water partition coefficient (Wildman–Crippen LogP) is 2.07. The number of rotatable bonds is 4. The van der Waals surface area contributed by atoms with Gasteiger partial charge in [0.15, 0.2) is 16.2 Å². The number of amidine groups is 2. The van der Waals surface area contributed by atoms with E-state index in [9.17, 15) is 4.79 Å². The van der Waals surface area contributed by atoms with E-state index in [-0.39, 0.29) is 11.9 Å². The molecule has 0 saturated carbocycles. The molecule has 0 radical (unpaired) electrons. The van der Waals surface area contributed by atoms with Crippen LogP contribution in [-0.2, 0) is 4.79 Å². The van der Waals surface area contributed by atoms with Crippen LogP contribution in [-0.4, -0.2) is 64.0 Å². The number of aromatic nitrogens is 2. The Bertz CT molecular complexity index is 1010. The van der Waals surface area contributed by atoms with Gasteiger partial charge in [0.2, 0.25) is 5.91 Å². The van der Waals surface area contributed by atoms with Crippen LogP contribution in [0.5, 0.6) is 0 Å². The first-order chi connectivity index (χ1) is 14.9. The van der Waals surface area contributed by atoms with Gasteiger partial charge in [0.05, 0.1) is 6.04 Å². The Morgan fingerprint density at radius 1 is 1.29 bits per heavy atom. The van der Waals surface area contributed by atoms with Gasteiger partial charge in [-0.2, -0.15) is 5.10 Å². The van der Waals surface area contributed by atoms with E-state index in [2.05, 4.69) is 66.4 Å². The third kappa shape index (κ3) is 4.00. The lowest BCUT2D eigenvalue weighted by molar-refractivity contribution is -0.117. The Balaban J connectivity index is 1.70. The number of benzene rings is 1. The van der Waals surface area contributed by atoms with Gasteiger partial charge < -0.3 is 10.2 Å². The molecule has 1 fully saturated rings. The quantitative estimate of drug-likeness (QED) is 0.755. The number of hydrogen-bond donors (Lipinski definition) is 2. The molecular formula is C21H28N8OS. The van der Waals surface area contributed by atoms with Gasteiger partial charge in [-0.25, -0.2) is 0 Å². The molecule has 2 aliphatic rings. The van der Waals surface area contributed by atoms with Crippen molar-refractivity contribution in [3.05, 3.63) is 48.2 Å². The van der Waals surface area contributed by atoms with Crippen LogP contribution in [0.2, 0.25) is 0 Å². The summed E-state index contributed by atoms with van der Waals surface area (Å²) < 4.78 is 2.13. The average molecular weight is 441 g/mol. The molecule has 1 unspecified atom stereocenters. The van der Waals surface area contributed by atoms with Crippen molar-refractivity contribution in [1.82, 2.24) is 25.2 Å². The molecule has 2 aromatic rings. The predicted molar refractivity (Wildman–Crippen MR) is 125 cm³/mol. The fourth-order valence-corrected chi connectivity index (χ4v) is 7.10. The second kappa shape index (κ2) is 8.64. The molecule has 0 aliphatic carbocycles. The number of hydrogen-bond acceptors (Lipinski definition) is 7. The van der Waals surface area contributed by atoms with Crippen LogP contribution in [0.15, 0.2) is 57.6 Å². The van der Waals surface area contributed by atoms with E-state index in [1.54, 1.807) is 6.20 Å². The minimum Gasteiger partial charge on any atom is -0.353 e. The molecule has 1 saturated heterocycles. The Morgan fingerprint density at radius 2 is 2.06 bits per heavy atom. The minimum atomic E-state index is -1.98. The Hall–Kier alpha value is -2.98. The number of carbonyl (C=O) groups is 1. The average Bonchev–Trinajstić information content (AvgIpc) is 3.35. The van der Waals surface area contributed by atoms with Crippen LogP contribution in [0.1, 0.15) is 18.9 Å². The SMILES string of the molecule is CC(=O)NC1=NNC(=N[C@@H]2CCN(c3cccnn3)C2)S1(c1ccc(C)cc1)N(C)C. The maximum absolute atomic E-state index is 12.0. The van der Waals surface area contributed by atoms with Crippen LogP contribution in [0.4, 0.5) is 5.82 Å². The lowest BCUT2D eigenvalue weighted by atomic mass is 10.2. The maximum Gasteiger partial charge on any atom is 0.222 e. The van der Waals surface area contributed by atoms with Gasteiger partial charge in [0, 0.05) is 31.1 Å². The van der Waals surface area contributed by atoms with Gasteiger partial charge in [-0.1, -0.05) is 17.7 Å².